The standard InChI is InChI=1S/C25H33FN4O2.HI/c1-19-6-3-4-9-22(19)24-18-30(12-15-32-24)25(27-2)28-17-23(29-10-13-31-14-11-29)20-7-5-8-21(26)16-20;/h3-9,16,23-24H,10-15,17-18H2,1-2H3,(H,27,28);1H. The third-order valence-corrected chi connectivity index (χ3v) is 6.29. The lowest BCUT2D eigenvalue weighted by Gasteiger charge is -2.38. The maximum absolute atomic E-state index is 14.0. The van der Waals surface area contributed by atoms with E-state index in [4.69, 9.17) is 9.47 Å². The van der Waals surface area contributed by atoms with Crippen LogP contribution >= 0.6 is 24.0 Å². The fourth-order valence-corrected chi connectivity index (χ4v) is 4.56. The van der Waals surface area contributed by atoms with Crippen molar-refractivity contribution in [3.63, 3.8) is 0 Å². The highest BCUT2D eigenvalue weighted by atomic mass is 127. The molecule has 2 heterocycles. The summed E-state index contributed by atoms with van der Waals surface area (Å²) in [6.45, 7) is 7.99. The minimum Gasteiger partial charge on any atom is -0.379 e. The molecule has 2 atom stereocenters. The summed E-state index contributed by atoms with van der Waals surface area (Å²) in [7, 11) is 1.81. The Morgan fingerprint density at radius 3 is 2.64 bits per heavy atom. The Hall–Kier alpha value is -1.75. The van der Waals surface area contributed by atoms with E-state index in [2.05, 4.69) is 51.3 Å². The number of aliphatic imine (C=N–C) groups is 1. The summed E-state index contributed by atoms with van der Waals surface area (Å²) < 4.78 is 25.6. The number of aryl methyl sites for hydroxylation is 1. The third kappa shape index (κ3) is 6.65. The molecule has 0 bridgehead atoms. The second-order valence-corrected chi connectivity index (χ2v) is 8.31. The van der Waals surface area contributed by atoms with Crippen LogP contribution in [0.4, 0.5) is 4.39 Å². The van der Waals surface area contributed by atoms with E-state index in [0.29, 0.717) is 26.4 Å². The Morgan fingerprint density at radius 2 is 1.91 bits per heavy atom. The lowest BCUT2D eigenvalue weighted by Crippen LogP contribution is -2.51. The van der Waals surface area contributed by atoms with Gasteiger partial charge in [0.1, 0.15) is 11.9 Å². The number of nitrogens with one attached hydrogen (secondary N) is 1. The predicted molar refractivity (Wildman–Crippen MR) is 140 cm³/mol. The molecule has 33 heavy (non-hydrogen) atoms. The number of hydrogen-bond acceptors (Lipinski definition) is 4. The SMILES string of the molecule is CN=C(NCC(c1cccc(F)c1)N1CCOCC1)N1CCOC(c2ccccc2C)C1.I. The topological polar surface area (TPSA) is 49.3 Å². The molecule has 2 unspecified atom stereocenters. The number of ether oxygens (including phenoxy) is 2. The van der Waals surface area contributed by atoms with Crippen molar-refractivity contribution in [2.45, 2.75) is 19.1 Å². The molecule has 1 N–H and O–H groups in total. The molecule has 2 aromatic carbocycles. The van der Waals surface area contributed by atoms with E-state index >= 15 is 0 Å². The van der Waals surface area contributed by atoms with Crippen LogP contribution in [0.25, 0.3) is 0 Å². The second-order valence-electron chi connectivity index (χ2n) is 8.31. The number of nitrogens with zero attached hydrogens (tertiary/aromatic N) is 3. The Morgan fingerprint density at radius 1 is 1.12 bits per heavy atom. The van der Waals surface area contributed by atoms with Crippen molar-refractivity contribution in [1.82, 2.24) is 15.1 Å². The van der Waals surface area contributed by atoms with Crippen molar-refractivity contribution >= 4 is 29.9 Å². The van der Waals surface area contributed by atoms with Crippen molar-refractivity contribution in [2.75, 3.05) is 59.6 Å². The van der Waals surface area contributed by atoms with E-state index in [0.717, 1.165) is 37.7 Å². The van der Waals surface area contributed by atoms with Crippen LogP contribution in [0.15, 0.2) is 53.5 Å². The number of halogens is 2. The molecule has 0 saturated carbocycles. The number of rotatable bonds is 5. The molecule has 0 aromatic heterocycles. The van der Waals surface area contributed by atoms with E-state index in [-0.39, 0.29) is 41.9 Å². The van der Waals surface area contributed by atoms with Gasteiger partial charge in [0.2, 0.25) is 0 Å². The fourth-order valence-electron chi connectivity index (χ4n) is 4.56. The first-order valence-electron chi connectivity index (χ1n) is 11.4. The minimum absolute atomic E-state index is 0. The molecule has 0 radical (unpaired) electrons. The first-order chi connectivity index (χ1) is 15.7. The van der Waals surface area contributed by atoms with Gasteiger partial charge in [-0.25, -0.2) is 4.39 Å². The van der Waals surface area contributed by atoms with E-state index in [1.54, 1.807) is 12.1 Å². The zero-order chi connectivity index (χ0) is 22.3. The monoisotopic (exact) mass is 568 g/mol. The summed E-state index contributed by atoms with van der Waals surface area (Å²) in [4.78, 5) is 9.16. The summed E-state index contributed by atoms with van der Waals surface area (Å²) in [5.74, 6) is 0.640. The third-order valence-electron chi connectivity index (χ3n) is 6.29. The molecule has 2 aliphatic heterocycles. The van der Waals surface area contributed by atoms with Crippen molar-refractivity contribution in [2.24, 2.45) is 4.99 Å². The highest BCUT2D eigenvalue weighted by Gasteiger charge is 2.27. The van der Waals surface area contributed by atoms with Crippen LogP contribution in [0.3, 0.4) is 0 Å². The summed E-state index contributed by atoms with van der Waals surface area (Å²) in [6.07, 6.45) is 0.0155. The molecular formula is C25H34FIN4O2. The van der Waals surface area contributed by atoms with Crippen molar-refractivity contribution in [3.8, 4) is 0 Å². The fraction of sp³-hybridized carbons (Fsp3) is 0.480. The zero-order valence-corrected chi connectivity index (χ0v) is 21.7. The lowest BCUT2D eigenvalue weighted by atomic mass is 10.0. The smallest absolute Gasteiger partial charge is 0.193 e. The Balaban J connectivity index is 0.00000306. The maximum Gasteiger partial charge on any atom is 0.193 e. The van der Waals surface area contributed by atoms with Gasteiger partial charge in [-0.1, -0.05) is 36.4 Å². The van der Waals surface area contributed by atoms with Crippen LogP contribution in [-0.2, 0) is 9.47 Å². The average molecular weight is 568 g/mol. The van der Waals surface area contributed by atoms with Crippen LogP contribution in [0.5, 0.6) is 0 Å². The Labute approximate surface area is 213 Å². The quantitative estimate of drug-likeness (QED) is 0.338. The van der Waals surface area contributed by atoms with Gasteiger partial charge in [-0.05, 0) is 35.7 Å². The highest BCUT2D eigenvalue weighted by molar-refractivity contribution is 14.0. The van der Waals surface area contributed by atoms with E-state index in [1.165, 1.54) is 17.2 Å². The number of guanidine groups is 1. The average Bonchev–Trinajstić information content (AvgIpc) is 2.83. The highest BCUT2D eigenvalue weighted by Crippen LogP contribution is 2.26. The number of benzene rings is 2. The van der Waals surface area contributed by atoms with Gasteiger partial charge >= 0.3 is 0 Å². The molecular weight excluding hydrogens is 534 g/mol. The van der Waals surface area contributed by atoms with E-state index in [9.17, 15) is 4.39 Å². The van der Waals surface area contributed by atoms with Crippen LogP contribution in [-0.4, -0.2) is 75.4 Å². The van der Waals surface area contributed by atoms with Gasteiger partial charge in [0, 0.05) is 33.2 Å². The van der Waals surface area contributed by atoms with Crippen molar-refractivity contribution < 1.29 is 13.9 Å². The number of morpholine rings is 2. The number of hydrogen-bond donors (Lipinski definition) is 1. The summed E-state index contributed by atoms with van der Waals surface area (Å²) in [6, 6.07) is 15.3. The molecule has 0 aliphatic carbocycles. The van der Waals surface area contributed by atoms with Crippen LogP contribution in [0.2, 0.25) is 0 Å². The molecule has 2 fully saturated rings. The van der Waals surface area contributed by atoms with Crippen LogP contribution in [0, 0.1) is 12.7 Å². The van der Waals surface area contributed by atoms with Gasteiger partial charge in [0.25, 0.3) is 0 Å². The van der Waals surface area contributed by atoms with E-state index in [1.807, 2.05) is 13.1 Å². The minimum atomic E-state index is -0.209. The first-order valence-corrected chi connectivity index (χ1v) is 11.4. The molecule has 0 amide bonds. The molecule has 8 heteroatoms. The lowest BCUT2D eigenvalue weighted by molar-refractivity contribution is -0.00881. The largest absolute Gasteiger partial charge is 0.379 e. The van der Waals surface area contributed by atoms with Gasteiger partial charge in [0.15, 0.2) is 5.96 Å². The van der Waals surface area contributed by atoms with Gasteiger partial charge in [-0.3, -0.25) is 9.89 Å². The molecule has 0 spiro atoms. The second kappa shape index (κ2) is 12.6. The molecule has 6 nitrogen and oxygen atoms in total. The van der Waals surface area contributed by atoms with Crippen molar-refractivity contribution in [3.05, 3.63) is 71.0 Å². The summed E-state index contributed by atoms with van der Waals surface area (Å²) in [5, 5.41) is 3.56. The molecule has 4 rings (SSSR count). The van der Waals surface area contributed by atoms with E-state index < -0.39 is 0 Å². The van der Waals surface area contributed by atoms with Gasteiger partial charge in [-0.2, -0.15) is 0 Å². The van der Waals surface area contributed by atoms with Crippen LogP contribution < -0.4 is 5.32 Å². The first kappa shape index (κ1) is 25.9. The summed E-state index contributed by atoms with van der Waals surface area (Å²) in [5.41, 5.74) is 3.43. The summed E-state index contributed by atoms with van der Waals surface area (Å²) >= 11 is 0. The van der Waals surface area contributed by atoms with Gasteiger partial charge in [0.05, 0.1) is 32.4 Å². The van der Waals surface area contributed by atoms with Crippen LogP contribution in [0.1, 0.15) is 28.8 Å². The van der Waals surface area contributed by atoms with Gasteiger partial charge in [-0.15, -0.1) is 24.0 Å². The molecule has 180 valence electrons. The Bertz CT molecular complexity index is 923. The Kier molecular flexibility index (Phi) is 9.91. The van der Waals surface area contributed by atoms with Gasteiger partial charge < -0.3 is 19.7 Å². The zero-order valence-electron chi connectivity index (χ0n) is 19.4. The molecule has 2 aromatic rings. The predicted octanol–water partition coefficient (Wildman–Crippen LogP) is 3.77. The maximum atomic E-state index is 14.0. The normalized spacial score (nSPS) is 20.8. The molecule has 2 aliphatic rings. The molecule has 2 saturated heterocycles. The van der Waals surface area contributed by atoms with Crippen molar-refractivity contribution in [1.29, 1.82) is 0 Å².